The number of amides is 5. The molecule has 0 aromatic heterocycles. The number of primary amides is 2. The molecule has 5 amide bonds. The second-order valence-corrected chi connectivity index (χ2v) is 8.25. The van der Waals surface area contributed by atoms with Crippen LogP contribution in [0.2, 0.25) is 0 Å². The van der Waals surface area contributed by atoms with E-state index in [9.17, 15) is 33.9 Å². The number of unbranched alkanes of at least 4 members (excludes halogenated alkanes) is 1. The number of hydrogen-bond donors (Lipinski definition) is 8. The quantitative estimate of drug-likeness (QED) is 0.0957. The van der Waals surface area contributed by atoms with Gasteiger partial charge in [0, 0.05) is 6.42 Å². The number of nitrogens with one attached hydrogen (secondary N) is 3. The van der Waals surface area contributed by atoms with Gasteiger partial charge in [0.25, 0.3) is 0 Å². The Kier molecular flexibility index (Phi) is 14.1. The molecule has 0 aliphatic heterocycles. The highest BCUT2D eigenvalue weighted by molar-refractivity contribution is 5.95. The van der Waals surface area contributed by atoms with E-state index in [-0.39, 0.29) is 25.2 Å². The number of carboxylic acids is 1. The van der Waals surface area contributed by atoms with E-state index in [0.717, 1.165) is 0 Å². The summed E-state index contributed by atoms with van der Waals surface area (Å²) in [6.07, 6.45) is 0.0449. The van der Waals surface area contributed by atoms with Crippen LogP contribution in [0.4, 0.5) is 0 Å². The minimum atomic E-state index is -1.64. The molecule has 0 rings (SSSR count). The zero-order valence-electron chi connectivity index (χ0n) is 19.5. The molecule has 0 bridgehead atoms. The Morgan fingerprint density at radius 3 is 1.71 bits per heavy atom. The lowest BCUT2D eigenvalue weighted by Crippen LogP contribution is -2.57. The van der Waals surface area contributed by atoms with Crippen LogP contribution in [0.3, 0.4) is 0 Å². The second-order valence-electron chi connectivity index (χ2n) is 8.25. The summed E-state index contributed by atoms with van der Waals surface area (Å²) in [6.45, 7) is 3.85. The zero-order valence-corrected chi connectivity index (χ0v) is 19.5. The Balaban J connectivity index is 5.60. The first-order chi connectivity index (χ1) is 15.8. The van der Waals surface area contributed by atoms with Crippen LogP contribution in [0.25, 0.3) is 0 Å². The number of rotatable bonds is 17. The van der Waals surface area contributed by atoms with E-state index in [0.29, 0.717) is 19.4 Å². The number of carboxylic acid groups (broad SMARTS) is 1. The molecule has 0 aliphatic carbocycles. The van der Waals surface area contributed by atoms with Crippen molar-refractivity contribution in [3.8, 4) is 0 Å². The fourth-order valence-electron chi connectivity index (χ4n) is 2.83. The molecular formula is C20H37N7O7. The summed E-state index contributed by atoms with van der Waals surface area (Å²) >= 11 is 0. The number of nitrogens with two attached hydrogens (primary N) is 4. The molecule has 4 unspecified atom stereocenters. The molecule has 0 aliphatic rings. The molecular weight excluding hydrogens is 450 g/mol. The molecule has 0 saturated heterocycles. The van der Waals surface area contributed by atoms with E-state index in [4.69, 9.17) is 22.9 Å². The third-order valence-corrected chi connectivity index (χ3v) is 4.93. The van der Waals surface area contributed by atoms with Gasteiger partial charge in [-0.2, -0.15) is 0 Å². The van der Waals surface area contributed by atoms with Crippen LogP contribution < -0.4 is 38.9 Å². The van der Waals surface area contributed by atoms with Crippen molar-refractivity contribution in [3.05, 3.63) is 0 Å². The van der Waals surface area contributed by atoms with Crippen LogP contribution >= 0.6 is 0 Å². The highest BCUT2D eigenvalue weighted by Gasteiger charge is 2.31. The van der Waals surface area contributed by atoms with Crippen LogP contribution in [0.5, 0.6) is 0 Å². The summed E-state index contributed by atoms with van der Waals surface area (Å²) in [5.74, 6) is -5.69. The molecule has 34 heavy (non-hydrogen) atoms. The maximum Gasteiger partial charge on any atom is 0.326 e. The van der Waals surface area contributed by atoms with E-state index in [2.05, 4.69) is 16.0 Å². The van der Waals surface area contributed by atoms with E-state index in [1.54, 1.807) is 13.8 Å². The highest BCUT2D eigenvalue weighted by atomic mass is 16.4. The Labute approximate surface area is 197 Å². The van der Waals surface area contributed by atoms with Gasteiger partial charge in [-0.1, -0.05) is 13.8 Å². The van der Waals surface area contributed by atoms with Gasteiger partial charge in [0.2, 0.25) is 29.5 Å². The van der Waals surface area contributed by atoms with E-state index in [1.807, 2.05) is 0 Å². The van der Waals surface area contributed by atoms with Crippen molar-refractivity contribution in [2.75, 3.05) is 6.54 Å². The predicted molar refractivity (Wildman–Crippen MR) is 121 cm³/mol. The lowest BCUT2D eigenvalue weighted by Gasteiger charge is -2.25. The molecule has 12 N–H and O–H groups in total. The standard InChI is InChI=1S/C20H37N7O7/c1-10(2)16(24)19(32)26-11(5-3-4-8-21)17(30)25-12(6-7-14(22)28)18(31)27-13(20(33)34)9-15(23)29/h10-13,16H,3-9,21,24H2,1-2H3,(H2,22,28)(H2,23,29)(H,25,30)(H,26,32)(H,27,31)(H,33,34). The molecule has 194 valence electrons. The number of carbonyl (C=O) groups excluding carboxylic acids is 5. The maximum absolute atomic E-state index is 12.9. The minimum absolute atomic E-state index is 0.194. The fourth-order valence-corrected chi connectivity index (χ4v) is 2.83. The first kappa shape index (κ1) is 30.7. The van der Waals surface area contributed by atoms with Gasteiger partial charge in [0.05, 0.1) is 12.5 Å². The van der Waals surface area contributed by atoms with Gasteiger partial charge in [-0.25, -0.2) is 4.79 Å². The third-order valence-electron chi connectivity index (χ3n) is 4.93. The smallest absolute Gasteiger partial charge is 0.326 e. The van der Waals surface area contributed by atoms with Crippen LogP contribution in [-0.2, 0) is 28.8 Å². The summed E-state index contributed by atoms with van der Waals surface area (Å²) in [5.41, 5.74) is 21.5. The van der Waals surface area contributed by atoms with Gasteiger partial charge in [-0.3, -0.25) is 24.0 Å². The van der Waals surface area contributed by atoms with Crippen LogP contribution in [0, 0.1) is 5.92 Å². The summed E-state index contributed by atoms with van der Waals surface area (Å²) in [6, 6.07) is -4.94. The van der Waals surface area contributed by atoms with Crippen molar-refractivity contribution in [2.24, 2.45) is 28.9 Å². The Bertz CT molecular complexity index is 745. The monoisotopic (exact) mass is 487 g/mol. The molecule has 0 saturated carbocycles. The average Bonchev–Trinajstić information content (AvgIpc) is 2.73. The van der Waals surface area contributed by atoms with Crippen LogP contribution in [0.15, 0.2) is 0 Å². The minimum Gasteiger partial charge on any atom is -0.480 e. The lowest BCUT2D eigenvalue weighted by molar-refractivity contribution is -0.144. The fraction of sp³-hybridized carbons (Fsp3) is 0.700. The van der Waals surface area contributed by atoms with Gasteiger partial charge in [-0.05, 0) is 38.1 Å². The molecule has 0 heterocycles. The van der Waals surface area contributed by atoms with Crippen LogP contribution in [0.1, 0.15) is 52.4 Å². The predicted octanol–water partition coefficient (Wildman–Crippen LogP) is -3.22. The Morgan fingerprint density at radius 1 is 0.765 bits per heavy atom. The third kappa shape index (κ3) is 12.1. The van der Waals surface area contributed by atoms with Crippen molar-refractivity contribution in [3.63, 3.8) is 0 Å². The number of aliphatic carboxylic acids is 1. The van der Waals surface area contributed by atoms with Gasteiger partial charge >= 0.3 is 5.97 Å². The zero-order chi connectivity index (χ0) is 26.4. The van der Waals surface area contributed by atoms with Gasteiger partial charge in [-0.15, -0.1) is 0 Å². The molecule has 0 radical (unpaired) electrons. The summed E-state index contributed by atoms with van der Waals surface area (Å²) < 4.78 is 0. The molecule has 4 atom stereocenters. The first-order valence-electron chi connectivity index (χ1n) is 11.0. The maximum atomic E-state index is 12.9. The summed E-state index contributed by atoms with van der Waals surface area (Å²) in [4.78, 5) is 71.6. The van der Waals surface area contributed by atoms with E-state index >= 15 is 0 Å². The SMILES string of the molecule is CC(C)C(N)C(=O)NC(CCCCN)C(=O)NC(CCC(N)=O)C(=O)NC(CC(N)=O)C(=O)O. The Morgan fingerprint density at radius 2 is 1.26 bits per heavy atom. The summed E-state index contributed by atoms with van der Waals surface area (Å²) in [7, 11) is 0. The molecule has 0 aromatic rings. The van der Waals surface area contributed by atoms with Gasteiger partial charge < -0.3 is 44.0 Å². The molecule has 0 spiro atoms. The van der Waals surface area contributed by atoms with Crippen molar-refractivity contribution in [2.45, 2.75) is 76.5 Å². The molecule has 14 heteroatoms. The molecule has 14 nitrogen and oxygen atoms in total. The number of hydrogen-bond acceptors (Lipinski definition) is 8. The summed E-state index contributed by atoms with van der Waals surface area (Å²) in [5, 5.41) is 16.3. The molecule has 0 fully saturated rings. The first-order valence-corrected chi connectivity index (χ1v) is 11.0. The highest BCUT2D eigenvalue weighted by Crippen LogP contribution is 2.07. The van der Waals surface area contributed by atoms with Gasteiger partial charge in [0.1, 0.15) is 18.1 Å². The Hall–Kier alpha value is -3.26. The van der Waals surface area contributed by atoms with Crippen LogP contribution in [-0.4, -0.2) is 71.3 Å². The second kappa shape index (κ2) is 15.6. The van der Waals surface area contributed by atoms with Crippen molar-refractivity contribution < 1.29 is 33.9 Å². The normalized spacial score (nSPS) is 14.4. The average molecular weight is 488 g/mol. The topological polar surface area (TPSA) is 263 Å². The van der Waals surface area contributed by atoms with Crippen molar-refractivity contribution in [1.82, 2.24) is 16.0 Å². The largest absolute Gasteiger partial charge is 0.480 e. The van der Waals surface area contributed by atoms with E-state index < -0.39 is 66.1 Å². The van der Waals surface area contributed by atoms with Crippen molar-refractivity contribution >= 4 is 35.5 Å². The molecule has 0 aromatic carbocycles. The lowest BCUT2D eigenvalue weighted by atomic mass is 10.0. The van der Waals surface area contributed by atoms with Gasteiger partial charge in [0.15, 0.2) is 0 Å². The van der Waals surface area contributed by atoms with Crippen molar-refractivity contribution in [1.29, 1.82) is 0 Å². The number of carbonyl (C=O) groups is 6. The van der Waals surface area contributed by atoms with E-state index in [1.165, 1.54) is 0 Å².